The van der Waals surface area contributed by atoms with Gasteiger partial charge < -0.3 is 65.6 Å². The van der Waals surface area contributed by atoms with Gasteiger partial charge in [-0.2, -0.15) is 26.3 Å². The molecular formula is C76H78F6N4O18Si2. The van der Waals surface area contributed by atoms with Crippen LogP contribution < -0.4 is 29.6 Å². The average molecular weight is 1510 g/mol. The first-order chi connectivity index (χ1) is 50.2. The Morgan fingerprint density at radius 1 is 0.368 bits per heavy atom. The number of hydrogen-bond acceptors (Lipinski definition) is 18. The van der Waals surface area contributed by atoms with Crippen LogP contribution >= 0.6 is 0 Å². The lowest BCUT2D eigenvalue weighted by Gasteiger charge is -2.36. The monoisotopic (exact) mass is 1500 g/mol. The molecule has 9 aromatic rings. The van der Waals surface area contributed by atoms with Gasteiger partial charge >= 0.3 is 30.0 Å². The average Bonchev–Trinajstić information content (AvgIpc) is 0.670. The van der Waals surface area contributed by atoms with Gasteiger partial charge in [-0.3, -0.25) is 38.6 Å². The maximum atomic E-state index is 16.1. The Hall–Kier alpha value is -9.61. The molecule has 22 nitrogen and oxygen atoms in total. The van der Waals surface area contributed by atoms with Crippen LogP contribution in [0.3, 0.4) is 0 Å². The van der Waals surface area contributed by atoms with Gasteiger partial charge in [-0.25, -0.2) is 0 Å². The maximum Gasteiger partial charge on any atom is 0.527 e. The van der Waals surface area contributed by atoms with Crippen LogP contribution in [-0.4, -0.2) is 169 Å². The molecule has 0 spiro atoms. The minimum Gasteiger partial charge on any atom is -0.456 e. The molecule has 2 N–H and O–H groups in total. The van der Waals surface area contributed by atoms with E-state index in [1.165, 1.54) is 66.9 Å². The van der Waals surface area contributed by atoms with E-state index in [0.717, 1.165) is 22.3 Å². The molecule has 2 aliphatic rings. The molecule has 0 aromatic heterocycles. The lowest BCUT2D eigenvalue weighted by Crippen LogP contribution is -2.55. The predicted molar refractivity (Wildman–Crippen MR) is 383 cm³/mol. The van der Waals surface area contributed by atoms with E-state index >= 15 is 45.5 Å². The largest absolute Gasteiger partial charge is 0.527 e. The van der Waals surface area contributed by atoms with Crippen molar-refractivity contribution in [1.82, 2.24) is 20.4 Å². The highest BCUT2D eigenvalue weighted by atomic mass is 28.4. The summed E-state index contributed by atoms with van der Waals surface area (Å²) in [5.41, 5.74) is 3.49. The Kier molecular flexibility index (Phi) is 22.4. The number of nitrogens with zero attached hydrogens (tertiary/aromatic N) is 2. The number of hydrogen-bond donors (Lipinski definition) is 2. The molecule has 0 radical (unpaired) electrons. The van der Waals surface area contributed by atoms with Crippen molar-refractivity contribution in [2.24, 2.45) is 0 Å². The number of aryl methyl sites for hydroxylation is 8. The van der Waals surface area contributed by atoms with E-state index < -0.39 is 126 Å². The quantitative estimate of drug-likeness (QED) is 0.0106. The summed E-state index contributed by atoms with van der Waals surface area (Å²) in [6, 6.07) is 20.3. The minimum absolute atomic E-state index is 0.0316. The van der Waals surface area contributed by atoms with Crippen LogP contribution in [0.1, 0.15) is 98.8 Å². The maximum absolute atomic E-state index is 16.1. The van der Waals surface area contributed by atoms with Crippen molar-refractivity contribution in [3.63, 3.8) is 0 Å². The van der Waals surface area contributed by atoms with Crippen molar-refractivity contribution in [3.05, 3.63) is 164 Å². The predicted octanol–water partition coefficient (Wildman–Crippen LogP) is 14.3. The fourth-order valence-corrected chi connectivity index (χ4v) is 16.1. The van der Waals surface area contributed by atoms with E-state index in [4.69, 9.17) is 55.0 Å². The molecule has 2 unspecified atom stereocenters. The van der Waals surface area contributed by atoms with E-state index in [1.54, 1.807) is 100 Å². The summed E-state index contributed by atoms with van der Waals surface area (Å²) in [5, 5.41) is 4.18. The number of ether oxygens (including phenoxy) is 6. The third-order valence-electron chi connectivity index (χ3n) is 18.8. The highest BCUT2D eigenvalue weighted by Gasteiger charge is 2.51. The Morgan fingerprint density at radius 2 is 0.613 bits per heavy atom. The second kappa shape index (κ2) is 30.7. The summed E-state index contributed by atoms with van der Waals surface area (Å²) < 4.78 is 164. The Balaban J connectivity index is 1.26. The molecule has 11 rings (SSSR count). The molecule has 2 aliphatic heterocycles. The van der Waals surface area contributed by atoms with E-state index in [0.29, 0.717) is 22.3 Å². The van der Waals surface area contributed by atoms with Crippen LogP contribution in [0.15, 0.2) is 97.1 Å². The molecule has 9 aromatic carbocycles. The summed E-state index contributed by atoms with van der Waals surface area (Å²) in [4.78, 5) is 94.0. The number of fused-ring (bicyclic) bond motifs is 2. The number of carbonyl (C=O) groups excluding carboxylic acids is 6. The zero-order chi connectivity index (χ0) is 76.8. The molecule has 0 saturated carbocycles. The molecule has 560 valence electrons. The van der Waals surface area contributed by atoms with Crippen molar-refractivity contribution in [2.75, 3.05) is 81.4 Å². The van der Waals surface area contributed by atoms with Crippen LogP contribution in [0.5, 0.6) is 46.0 Å². The van der Waals surface area contributed by atoms with Gasteiger partial charge in [0.05, 0.1) is 48.3 Å². The lowest BCUT2D eigenvalue weighted by molar-refractivity contribution is -0.153. The number of rotatable bonds is 30. The smallest absolute Gasteiger partial charge is 0.456 e. The molecule has 0 fully saturated rings. The molecule has 0 bridgehead atoms. The number of benzene rings is 9. The molecule has 0 aliphatic carbocycles. The normalized spacial score (nSPS) is 14.1. The van der Waals surface area contributed by atoms with Gasteiger partial charge in [0.25, 0.3) is 23.6 Å². The fourth-order valence-electron chi connectivity index (χ4n) is 13.6. The van der Waals surface area contributed by atoms with Gasteiger partial charge in [-0.05, 0) is 126 Å². The van der Waals surface area contributed by atoms with E-state index in [1.807, 2.05) is 27.7 Å². The van der Waals surface area contributed by atoms with E-state index in [-0.39, 0.29) is 125 Å². The van der Waals surface area contributed by atoms with Gasteiger partial charge in [-0.1, -0.05) is 70.8 Å². The molecule has 2 atom stereocenters. The zero-order valence-corrected chi connectivity index (χ0v) is 62.6. The SMILES string of the molecule is CO[Si](COCCNC(=O)C(CC(F)(F)F)N1C(=O)c2cc(Oc3ccc(C)cc3C)c3c4c(Oc5ccc(C)cc5C)cc5c6c(cc(Oc7ccc(C)cc7C)c(c7c(Oc8ccc(C)cc8C)cc(c2c37)C1=O)c64)C(=O)N(C(CC(F)(F)F)C(=O)NCCOC[Si](OC)(OC)OC)C5=O)(OC)OC. The van der Waals surface area contributed by atoms with Crippen LogP contribution in [0, 0.1) is 55.4 Å². The standard InChI is InChI=1S/C76H78F6N4O18Si2/c1-39-15-19-53(43(5)27-39)101-57-31-47-61-48(72(90)85(71(47)89)51(35-75(77,78)79)69(87)83-23-25-99-37-105(93-9,94-10)95-11)33-59(103-55-21-17-41(3)29-45(55)7)65-66-60(104-56-22-18-42(4)30-46(56)8)34-50-62-49(32-58(64(68(62)66)63(57)67(61)65)102-54-20-16-40(2)28-44(54)6)73(91)86(74(50)92)52(36-76(80,81)82)70(88)84-24-26-100-38-106(96-12,97-13)98-14/h15-22,27-34,51-52H,23-26,35-38H2,1-14H3,(H,83,87)(H,84,88). The highest BCUT2D eigenvalue weighted by Crippen LogP contribution is 2.59. The molecule has 2 heterocycles. The molecule has 106 heavy (non-hydrogen) atoms. The zero-order valence-electron chi connectivity index (χ0n) is 60.6. The summed E-state index contributed by atoms with van der Waals surface area (Å²) in [6.07, 6.45) is -14.9. The van der Waals surface area contributed by atoms with Gasteiger partial charge in [0.2, 0.25) is 11.8 Å². The molecule has 6 amide bonds. The summed E-state index contributed by atoms with van der Waals surface area (Å²) in [6.45, 7) is 12.7. The Labute approximate surface area is 607 Å². The number of amides is 6. The second-order valence-electron chi connectivity index (χ2n) is 26.1. The van der Waals surface area contributed by atoms with E-state index in [2.05, 4.69) is 10.6 Å². The number of nitrogens with one attached hydrogen (secondary N) is 2. The lowest BCUT2D eigenvalue weighted by atomic mass is 9.80. The number of imide groups is 2. The Morgan fingerprint density at radius 3 is 0.830 bits per heavy atom. The first kappa shape index (κ1) is 77.5. The second-order valence-corrected chi connectivity index (χ2v) is 31.8. The van der Waals surface area contributed by atoms with Crippen molar-refractivity contribution in [2.45, 2.75) is 92.7 Å². The van der Waals surface area contributed by atoms with Crippen molar-refractivity contribution in [3.8, 4) is 46.0 Å². The van der Waals surface area contributed by atoms with Crippen LogP contribution in [0.4, 0.5) is 26.3 Å². The topological polar surface area (TPSA) is 244 Å². The number of carbonyl (C=O) groups is 6. The number of alkyl halides is 6. The van der Waals surface area contributed by atoms with Gasteiger partial charge in [0.1, 0.15) is 70.5 Å². The summed E-state index contributed by atoms with van der Waals surface area (Å²) >= 11 is 0. The highest BCUT2D eigenvalue weighted by molar-refractivity contribution is 6.60. The van der Waals surface area contributed by atoms with Crippen LogP contribution in [-0.2, 0) is 45.6 Å². The first-order valence-electron chi connectivity index (χ1n) is 33.5. The molecular weight excluding hydrogens is 1430 g/mol. The molecule has 30 heteroatoms. The van der Waals surface area contributed by atoms with Crippen molar-refractivity contribution >= 4 is 96.1 Å². The fraction of sp³-hybridized carbons (Fsp3) is 0.342. The first-order valence-corrected chi connectivity index (χ1v) is 37.4. The van der Waals surface area contributed by atoms with Crippen LogP contribution in [0.2, 0.25) is 0 Å². The molecule has 0 saturated heterocycles. The van der Waals surface area contributed by atoms with Gasteiger partial charge in [-0.15, -0.1) is 0 Å². The van der Waals surface area contributed by atoms with Crippen molar-refractivity contribution in [1.29, 1.82) is 0 Å². The van der Waals surface area contributed by atoms with Gasteiger partial charge in [0, 0.05) is 98.8 Å². The third-order valence-corrected chi connectivity index (χ3v) is 23.6. The van der Waals surface area contributed by atoms with Gasteiger partial charge in [0.15, 0.2) is 0 Å². The minimum atomic E-state index is -5.20. The van der Waals surface area contributed by atoms with Crippen molar-refractivity contribution < 1.29 is 110 Å². The van der Waals surface area contributed by atoms with E-state index in [9.17, 15) is 9.59 Å². The summed E-state index contributed by atoms with van der Waals surface area (Å²) in [5.74, 6) is -8.63. The Bertz CT molecular complexity index is 4430. The number of halogens is 6. The summed E-state index contributed by atoms with van der Waals surface area (Å²) in [7, 11) is 1.33. The van der Waals surface area contributed by atoms with Crippen LogP contribution in [0.25, 0.3) is 43.1 Å². The third kappa shape index (κ3) is 15.2.